The maximum Gasteiger partial charge on any atom is 0.129 e. The van der Waals surface area contributed by atoms with Crippen molar-refractivity contribution < 1.29 is 14.9 Å². The third-order valence-corrected chi connectivity index (χ3v) is 1.58. The first-order chi connectivity index (χ1) is 3.72. The molecule has 3 atom stereocenters. The molecule has 1 aliphatic rings. The summed E-state index contributed by atoms with van der Waals surface area (Å²) in [4.78, 5) is 0. The lowest BCUT2D eigenvalue weighted by molar-refractivity contribution is 0.0522. The minimum Gasteiger partial charge on any atom is -0.388 e. The monoisotopic (exact) mass is 136 g/mol. The van der Waals surface area contributed by atoms with Gasteiger partial charge in [-0.25, -0.2) is 0 Å². The molecule has 1 saturated heterocycles. The Morgan fingerprint density at radius 3 is 2.25 bits per heavy atom. The van der Waals surface area contributed by atoms with Crippen LogP contribution >= 0.6 is 12.6 Å². The van der Waals surface area contributed by atoms with Crippen LogP contribution in [-0.4, -0.2) is 34.5 Å². The number of hydrogen-bond donors (Lipinski definition) is 3. The first kappa shape index (κ1) is 6.35. The Hall–Kier alpha value is 0.230. The molecule has 1 heterocycles. The summed E-state index contributed by atoms with van der Waals surface area (Å²) in [7, 11) is 0. The average molecular weight is 136 g/mol. The van der Waals surface area contributed by atoms with Gasteiger partial charge in [0.25, 0.3) is 0 Å². The van der Waals surface area contributed by atoms with Crippen molar-refractivity contribution >= 4 is 12.6 Å². The van der Waals surface area contributed by atoms with Crippen LogP contribution in [0.15, 0.2) is 0 Å². The van der Waals surface area contributed by atoms with Crippen LogP contribution < -0.4 is 0 Å². The fourth-order valence-electron chi connectivity index (χ4n) is 0.584. The van der Waals surface area contributed by atoms with Gasteiger partial charge in [0.1, 0.15) is 17.6 Å². The van der Waals surface area contributed by atoms with Crippen molar-refractivity contribution in [3.8, 4) is 0 Å². The molecule has 0 spiro atoms. The number of aliphatic hydroxyl groups is 2. The Morgan fingerprint density at radius 2 is 2.12 bits per heavy atom. The van der Waals surface area contributed by atoms with Gasteiger partial charge in [-0.1, -0.05) is 0 Å². The highest BCUT2D eigenvalue weighted by atomic mass is 32.1. The van der Waals surface area contributed by atoms with E-state index in [4.69, 9.17) is 14.9 Å². The second-order valence-corrected chi connectivity index (χ2v) is 2.29. The summed E-state index contributed by atoms with van der Waals surface area (Å²) in [6.45, 7) is 0.190. The lowest BCUT2D eigenvalue weighted by Crippen LogP contribution is -2.26. The van der Waals surface area contributed by atoms with E-state index in [9.17, 15) is 0 Å². The van der Waals surface area contributed by atoms with Crippen molar-refractivity contribution in [2.24, 2.45) is 0 Å². The van der Waals surface area contributed by atoms with Crippen molar-refractivity contribution in [3.05, 3.63) is 0 Å². The normalized spacial score (nSPS) is 47.6. The van der Waals surface area contributed by atoms with Crippen LogP contribution in [0.1, 0.15) is 0 Å². The van der Waals surface area contributed by atoms with E-state index in [1.54, 1.807) is 0 Å². The maximum atomic E-state index is 8.81. The van der Waals surface area contributed by atoms with Gasteiger partial charge in [-0.3, -0.25) is 0 Å². The van der Waals surface area contributed by atoms with Crippen molar-refractivity contribution in [1.29, 1.82) is 0 Å². The van der Waals surface area contributed by atoms with E-state index < -0.39 is 17.6 Å². The van der Waals surface area contributed by atoms with Gasteiger partial charge >= 0.3 is 0 Å². The van der Waals surface area contributed by atoms with Gasteiger partial charge in [0, 0.05) is 0 Å². The molecule has 0 aliphatic carbocycles. The van der Waals surface area contributed by atoms with Gasteiger partial charge in [-0.2, -0.15) is 0 Å². The van der Waals surface area contributed by atoms with Crippen LogP contribution in [0.5, 0.6) is 0 Å². The van der Waals surface area contributed by atoms with Gasteiger partial charge in [0.2, 0.25) is 0 Å². The lowest BCUT2D eigenvalue weighted by atomic mass is 10.3. The van der Waals surface area contributed by atoms with Crippen molar-refractivity contribution in [1.82, 2.24) is 0 Å². The van der Waals surface area contributed by atoms with Crippen LogP contribution in [0.3, 0.4) is 0 Å². The molecule has 48 valence electrons. The lowest BCUT2D eigenvalue weighted by Gasteiger charge is -2.06. The molecule has 3 nitrogen and oxygen atoms in total. The van der Waals surface area contributed by atoms with Crippen molar-refractivity contribution in [2.75, 3.05) is 6.61 Å². The zero-order chi connectivity index (χ0) is 6.15. The fraction of sp³-hybridized carbons (Fsp3) is 1.00. The Morgan fingerprint density at radius 1 is 1.50 bits per heavy atom. The van der Waals surface area contributed by atoms with Crippen LogP contribution in [0, 0.1) is 0 Å². The number of ether oxygens (including phenoxy) is 1. The second kappa shape index (κ2) is 2.23. The predicted octanol–water partition coefficient (Wildman–Crippen LogP) is -1.01. The highest BCUT2D eigenvalue weighted by Gasteiger charge is 2.31. The second-order valence-electron chi connectivity index (χ2n) is 1.78. The molecule has 0 aromatic carbocycles. The van der Waals surface area contributed by atoms with Gasteiger partial charge in [-0.15, -0.1) is 12.6 Å². The Labute approximate surface area is 52.7 Å². The first-order valence-corrected chi connectivity index (χ1v) is 2.89. The fourth-order valence-corrected chi connectivity index (χ4v) is 0.869. The van der Waals surface area contributed by atoms with Crippen LogP contribution in [0.2, 0.25) is 0 Å². The molecule has 0 amide bonds. The zero-order valence-electron chi connectivity index (χ0n) is 4.19. The molecular formula is C4H8O3S. The summed E-state index contributed by atoms with van der Waals surface area (Å²) in [6.07, 6.45) is -1.57. The molecule has 1 fully saturated rings. The van der Waals surface area contributed by atoms with E-state index in [2.05, 4.69) is 12.6 Å². The minimum atomic E-state index is -0.821. The summed E-state index contributed by atoms with van der Waals surface area (Å²) >= 11 is 3.81. The molecule has 2 N–H and O–H groups in total. The Kier molecular flexibility index (Phi) is 1.77. The minimum absolute atomic E-state index is 0.190. The summed E-state index contributed by atoms with van der Waals surface area (Å²) in [6, 6.07) is 0. The van der Waals surface area contributed by atoms with E-state index in [1.165, 1.54) is 0 Å². The van der Waals surface area contributed by atoms with E-state index in [0.29, 0.717) is 0 Å². The average Bonchev–Trinajstić information content (AvgIpc) is 1.98. The third-order valence-electron chi connectivity index (χ3n) is 1.12. The molecule has 0 radical (unpaired) electrons. The summed E-state index contributed by atoms with van der Waals surface area (Å²) in [5.74, 6) is 0. The molecule has 4 heteroatoms. The molecular weight excluding hydrogens is 128 g/mol. The van der Waals surface area contributed by atoms with Crippen LogP contribution in [-0.2, 0) is 4.74 Å². The topological polar surface area (TPSA) is 49.7 Å². The molecule has 8 heavy (non-hydrogen) atoms. The molecule has 0 saturated carbocycles. The van der Waals surface area contributed by atoms with Gasteiger partial charge in [0.15, 0.2) is 0 Å². The largest absolute Gasteiger partial charge is 0.388 e. The van der Waals surface area contributed by atoms with E-state index >= 15 is 0 Å². The maximum absolute atomic E-state index is 8.81. The van der Waals surface area contributed by atoms with Crippen LogP contribution in [0.25, 0.3) is 0 Å². The Balaban J connectivity index is 2.44. The standard InChI is InChI=1S/C4H8O3S/c5-2-1-7-4(8)3(2)6/h2-6,8H,1H2/t2-,3-,4+/m0/s1. The van der Waals surface area contributed by atoms with Gasteiger partial charge in [0.05, 0.1) is 6.61 Å². The number of thiol groups is 1. The molecule has 1 rings (SSSR count). The highest BCUT2D eigenvalue weighted by Crippen LogP contribution is 2.16. The van der Waals surface area contributed by atoms with Gasteiger partial charge < -0.3 is 14.9 Å². The smallest absolute Gasteiger partial charge is 0.129 e. The highest BCUT2D eigenvalue weighted by molar-refractivity contribution is 7.80. The number of rotatable bonds is 0. The number of hydrogen-bond acceptors (Lipinski definition) is 4. The van der Waals surface area contributed by atoms with Crippen molar-refractivity contribution in [2.45, 2.75) is 17.6 Å². The quantitative estimate of drug-likeness (QED) is 0.374. The van der Waals surface area contributed by atoms with Crippen molar-refractivity contribution in [3.63, 3.8) is 0 Å². The molecule has 0 aromatic rings. The van der Waals surface area contributed by atoms with Crippen LogP contribution in [0.4, 0.5) is 0 Å². The summed E-state index contributed by atoms with van der Waals surface area (Å²) in [5, 5.41) is 17.6. The number of aliphatic hydroxyl groups excluding tert-OH is 2. The van der Waals surface area contributed by atoms with E-state index in [0.717, 1.165) is 0 Å². The third kappa shape index (κ3) is 0.974. The summed E-state index contributed by atoms with van der Waals surface area (Å²) in [5.41, 5.74) is -0.509. The summed E-state index contributed by atoms with van der Waals surface area (Å²) < 4.78 is 4.74. The Bertz CT molecular complexity index is 77.4. The molecule has 1 aliphatic heterocycles. The zero-order valence-corrected chi connectivity index (χ0v) is 5.08. The first-order valence-electron chi connectivity index (χ1n) is 2.37. The molecule has 0 bridgehead atoms. The van der Waals surface area contributed by atoms with E-state index in [-0.39, 0.29) is 6.61 Å². The molecule has 0 unspecified atom stereocenters. The molecule has 0 aromatic heterocycles. The SMILES string of the molecule is O[C@H]1[C@@H](O)CO[C@@H]1S. The predicted molar refractivity (Wildman–Crippen MR) is 30.7 cm³/mol. The van der Waals surface area contributed by atoms with Gasteiger partial charge in [-0.05, 0) is 0 Å². The van der Waals surface area contributed by atoms with E-state index in [1.807, 2.05) is 0 Å².